The van der Waals surface area contributed by atoms with Gasteiger partial charge >= 0.3 is 0 Å². The van der Waals surface area contributed by atoms with E-state index in [4.69, 9.17) is 0 Å². The predicted molar refractivity (Wildman–Crippen MR) is 89.5 cm³/mol. The molecule has 0 aliphatic rings. The molecule has 5 nitrogen and oxygen atoms in total. The minimum atomic E-state index is -0.292. The zero-order chi connectivity index (χ0) is 16.4. The van der Waals surface area contributed by atoms with Gasteiger partial charge < -0.3 is 0 Å². The first-order valence-electron chi connectivity index (χ1n) is 6.94. The molecule has 1 N–H and O–H groups in total. The first kappa shape index (κ1) is 15.7. The highest BCUT2D eigenvalue weighted by molar-refractivity contribution is 7.16. The topological polar surface area (TPSA) is 67.8 Å². The first-order valence-corrected chi connectivity index (χ1v) is 8.53. The maximum Gasteiger partial charge on any atom is 0.271 e. The van der Waals surface area contributed by atoms with Gasteiger partial charge in [-0.3, -0.25) is 10.1 Å². The summed E-state index contributed by atoms with van der Waals surface area (Å²) in [7, 11) is 0. The number of carbonyl (C=O) groups excluding carboxylic acids is 1. The summed E-state index contributed by atoms with van der Waals surface area (Å²) in [6.07, 6.45) is 0.650. The Kier molecular flexibility index (Phi) is 4.44. The van der Waals surface area contributed by atoms with Crippen LogP contribution in [0.3, 0.4) is 0 Å². The van der Waals surface area contributed by atoms with Gasteiger partial charge in [-0.15, -0.1) is 16.4 Å². The van der Waals surface area contributed by atoms with Crippen LogP contribution in [0.4, 0.5) is 9.52 Å². The fraction of sp³-hybridized carbons (Fsp3) is 0.200. The number of hydrogen-bond acceptors (Lipinski definition) is 6. The summed E-state index contributed by atoms with van der Waals surface area (Å²) in [5, 5.41) is 7.22. The van der Waals surface area contributed by atoms with Gasteiger partial charge in [-0.05, 0) is 49.1 Å². The Hall–Kier alpha value is -2.19. The minimum absolute atomic E-state index is 0.253. The van der Waals surface area contributed by atoms with E-state index in [0.29, 0.717) is 22.1 Å². The van der Waals surface area contributed by atoms with Gasteiger partial charge in [-0.25, -0.2) is 9.37 Å². The Labute approximate surface area is 140 Å². The van der Waals surface area contributed by atoms with Crippen molar-refractivity contribution >= 4 is 33.9 Å². The molecule has 0 radical (unpaired) electrons. The predicted octanol–water partition coefficient (Wildman–Crippen LogP) is 3.92. The Balaban J connectivity index is 1.84. The molecule has 0 atom stereocenters. The van der Waals surface area contributed by atoms with Crippen LogP contribution in [-0.2, 0) is 6.42 Å². The van der Waals surface area contributed by atoms with Crippen molar-refractivity contribution in [1.29, 1.82) is 0 Å². The number of carbonyl (C=O) groups is 1. The molecule has 8 heteroatoms. The van der Waals surface area contributed by atoms with E-state index in [2.05, 4.69) is 19.9 Å². The molecule has 2 aromatic heterocycles. The summed E-state index contributed by atoms with van der Waals surface area (Å²) >= 11 is 2.45. The molecule has 1 amide bonds. The van der Waals surface area contributed by atoms with Crippen LogP contribution in [0.15, 0.2) is 24.3 Å². The van der Waals surface area contributed by atoms with Crippen LogP contribution in [0.5, 0.6) is 0 Å². The smallest absolute Gasteiger partial charge is 0.271 e. The molecule has 0 aliphatic carbocycles. The number of rotatable bonds is 4. The fourth-order valence-electron chi connectivity index (χ4n) is 2.09. The highest BCUT2D eigenvalue weighted by Gasteiger charge is 2.18. The lowest BCUT2D eigenvalue weighted by Gasteiger charge is -2.00. The van der Waals surface area contributed by atoms with Gasteiger partial charge in [0.2, 0.25) is 0 Å². The van der Waals surface area contributed by atoms with E-state index < -0.39 is 0 Å². The second-order valence-corrected chi connectivity index (χ2v) is 6.74. The van der Waals surface area contributed by atoms with E-state index in [9.17, 15) is 9.18 Å². The summed E-state index contributed by atoms with van der Waals surface area (Å²) in [6.45, 7) is 3.84. The van der Waals surface area contributed by atoms with Gasteiger partial charge in [0.15, 0.2) is 5.13 Å². The zero-order valence-electron chi connectivity index (χ0n) is 12.5. The summed E-state index contributed by atoms with van der Waals surface area (Å²) in [5.74, 6) is -0.545. The van der Waals surface area contributed by atoms with E-state index >= 15 is 0 Å². The Morgan fingerprint density at radius 3 is 2.74 bits per heavy atom. The average Bonchev–Trinajstić information content (AvgIpc) is 3.14. The summed E-state index contributed by atoms with van der Waals surface area (Å²) in [6, 6.07) is 6.13. The molecule has 0 saturated carbocycles. The van der Waals surface area contributed by atoms with Gasteiger partial charge in [0.05, 0.1) is 11.4 Å². The van der Waals surface area contributed by atoms with Gasteiger partial charge in [0.25, 0.3) is 5.91 Å². The standard InChI is InChI=1S/C15H13FN4OS2/c1-3-11-13(23-20-19-11)14(21)18-15-17-12(8(2)22-15)9-4-6-10(16)7-5-9/h4-7H,3H2,1-2H3,(H,17,18,21). The van der Waals surface area contributed by atoms with Crippen LogP contribution in [0.1, 0.15) is 27.2 Å². The van der Waals surface area contributed by atoms with Crippen molar-refractivity contribution in [1.82, 2.24) is 14.6 Å². The number of thiazole rings is 1. The van der Waals surface area contributed by atoms with Crippen LogP contribution in [-0.4, -0.2) is 20.5 Å². The maximum absolute atomic E-state index is 13.0. The molecule has 0 aliphatic heterocycles. The van der Waals surface area contributed by atoms with E-state index in [1.54, 1.807) is 12.1 Å². The van der Waals surface area contributed by atoms with Gasteiger partial charge in [-0.1, -0.05) is 11.4 Å². The van der Waals surface area contributed by atoms with Crippen molar-refractivity contribution < 1.29 is 9.18 Å². The van der Waals surface area contributed by atoms with Gasteiger partial charge in [0, 0.05) is 10.4 Å². The quantitative estimate of drug-likeness (QED) is 0.776. The number of aryl methyl sites for hydroxylation is 2. The molecule has 0 unspecified atom stereocenters. The molecule has 0 saturated heterocycles. The molecule has 23 heavy (non-hydrogen) atoms. The number of nitrogens with zero attached hydrogens (tertiary/aromatic N) is 3. The van der Waals surface area contributed by atoms with Crippen molar-refractivity contribution in [2.24, 2.45) is 0 Å². The minimum Gasteiger partial charge on any atom is -0.297 e. The van der Waals surface area contributed by atoms with Crippen LogP contribution < -0.4 is 5.32 Å². The monoisotopic (exact) mass is 348 g/mol. The Morgan fingerprint density at radius 1 is 1.30 bits per heavy atom. The molecular weight excluding hydrogens is 335 g/mol. The Morgan fingerprint density at radius 2 is 2.04 bits per heavy atom. The average molecular weight is 348 g/mol. The highest BCUT2D eigenvalue weighted by atomic mass is 32.1. The van der Waals surface area contributed by atoms with Crippen molar-refractivity contribution in [2.75, 3.05) is 5.32 Å². The number of anilines is 1. The van der Waals surface area contributed by atoms with Crippen LogP contribution >= 0.6 is 22.9 Å². The highest BCUT2D eigenvalue weighted by Crippen LogP contribution is 2.30. The Bertz CT molecular complexity index is 842. The number of aromatic nitrogens is 3. The lowest BCUT2D eigenvalue weighted by molar-refractivity contribution is 0.102. The third kappa shape index (κ3) is 3.27. The van der Waals surface area contributed by atoms with Crippen molar-refractivity contribution in [3.8, 4) is 11.3 Å². The molecular formula is C15H13FN4OS2. The second kappa shape index (κ2) is 6.51. The fourth-order valence-corrected chi connectivity index (χ4v) is 3.57. The molecule has 2 heterocycles. The largest absolute Gasteiger partial charge is 0.297 e. The number of halogens is 1. The SMILES string of the molecule is CCc1nnsc1C(=O)Nc1nc(-c2ccc(F)cc2)c(C)s1. The second-order valence-electron chi connectivity index (χ2n) is 4.79. The molecule has 1 aromatic carbocycles. The first-order chi connectivity index (χ1) is 11.1. The molecule has 0 fully saturated rings. The van der Waals surface area contributed by atoms with Gasteiger partial charge in [-0.2, -0.15) is 0 Å². The van der Waals surface area contributed by atoms with E-state index in [0.717, 1.165) is 27.7 Å². The van der Waals surface area contributed by atoms with Crippen LogP contribution in [0, 0.1) is 12.7 Å². The van der Waals surface area contributed by atoms with Crippen molar-refractivity contribution in [2.45, 2.75) is 20.3 Å². The third-order valence-electron chi connectivity index (χ3n) is 3.23. The van der Waals surface area contributed by atoms with E-state index in [-0.39, 0.29) is 11.7 Å². The number of hydrogen-bond donors (Lipinski definition) is 1. The van der Waals surface area contributed by atoms with Crippen LogP contribution in [0.2, 0.25) is 0 Å². The van der Waals surface area contributed by atoms with E-state index in [1.807, 2.05) is 13.8 Å². The molecule has 0 bridgehead atoms. The molecule has 3 aromatic rings. The van der Waals surface area contributed by atoms with Crippen molar-refractivity contribution in [3.63, 3.8) is 0 Å². The lowest BCUT2D eigenvalue weighted by Crippen LogP contribution is -2.12. The third-order valence-corrected chi connectivity index (χ3v) is 4.88. The maximum atomic E-state index is 13.0. The van der Waals surface area contributed by atoms with Crippen LogP contribution in [0.25, 0.3) is 11.3 Å². The number of benzene rings is 1. The summed E-state index contributed by atoms with van der Waals surface area (Å²) in [4.78, 5) is 18.2. The molecule has 3 rings (SSSR count). The number of nitrogens with one attached hydrogen (secondary N) is 1. The summed E-state index contributed by atoms with van der Waals surface area (Å²) in [5.41, 5.74) is 2.23. The lowest BCUT2D eigenvalue weighted by atomic mass is 10.1. The molecule has 0 spiro atoms. The zero-order valence-corrected chi connectivity index (χ0v) is 14.1. The number of amides is 1. The summed E-state index contributed by atoms with van der Waals surface area (Å²) < 4.78 is 16.8. The molecule has 118 valence electrons. The normalized spacial score (nSPS) is 10.7. The van der Waals surface area contributed by atoms with Crippen molar-refractivity contribution in [3.05, 3.63) is 45.5 Å². The van der Waals surface area contributed by atoms with Gasteiger partial charge in [0.1, 0.15) is 10.7 Å². The van der Waals surface area contributed by atoms with E-state index in [1.165, 1.54) is 23.5 Å².